The molecule has 0 saturated carbocycles. The van der Waals surface area contributed by atoms with Crippen molar-refractivity contribution < 1.29 is 9.59 Å². The average molecular weight is 239 g/mol. The van der Waals surface area contributed by atoms with E-state index in [0.29, 0.717) is 6.54 Å². The van der Waals surface area contributed by atoms with Crippen molar-refractivity contribution in [1.82, 2.24) is 15.1 Å². The molecule has 0 radical (unpaired) electrons. The van der Waals surface area contributed by atoms with E-state index in [4.69, 9.17) is 0 Å². The van der Waals surface area contributed by atoms with E-state index >= 15 is 0 Å². The smallest absolute Gasteiger partial charge is 0.241 e. The Balaban J connectivity index is 1.95. The highest BCUT2D eigenvalue weighted by atomic mass is 16.2. The fourth-order valence-corrected chi connectivity index (χ4v) is 2.50. The van der Waals surface area contributed by atoms with Gasteiger partial charge in [0, 0.05) is 26.7 Å². The Morgan fingerprint density at radius 2 is 2.18 bits per heavy atom. The van der Waals surface area contributed by atoms with E-state index in [1.807, 2.05) is 0 Å². The second kappa shape index (κ2) is 5.49. The Hall–Kier alpha value is -1.10. The monoisotopic (exact) mass is 239 g/mol. The molecule has 5 nitrogen and oxygen atoms in total. The molecule has 2 aliphatic rings. The van der Waals surface area contributed by atoms with Crippen molar-refractivity contribution in [3.05, 3.63) is 0 Å². The van der Waals surface area contributed by atoms with Crippen LogP contribution in [0, 0.1) is 5.92 Å². The quantitative estimate of drug-likeness (QED) is 0.682. The van der Waals surface area contributed by atoms with Gasteiger partial charge in [-0.1, -0.05) is 0 Å². The number of hydrogen-bond donors (Lipinski definition) is 1. The first-order valence-electron chi connectivity index (χ1n) is 6.42. The SMILES string of the molecule is CN1CCCN(C(=O)[C@@H]2CCCNC2)CC1=O. The number of nitrogens with one attached hydrogen (secondary N) is 1. The number of rotatable bonds is 1. The Morgan fingerprint density at radius 1 is 1.35 bits per heavy atom. The number of nitrogens with zero attached hydrogens (tertiary/aromatic N) is 2. The van der Waals surface area contributed by atoms with Crippen LogP contribution in [0.4, 0.5) is 0 Å². The number of carbonyl (C=O) groups excluding carboxylic acids is 2. The highest BCUT2D eigenvalue weighted by Gasteiger charge is 2.29. The zero-order valence-electron chi connectivity index (χ0n) is 10.4. The second-order valence-corrected chi connectivity index (χ2v) is 4.97. The van der Waals surface area contributed by atoms with Gasteiger partial charge in [-0.25, -0.2) is 0 Å². The molecule has 0 aromatic rings. The first-order chi connectivity index (χ1) is 8.18. The molecule has 0 bridgehead atoms. The molecule has 5 heteroatoms. The van der Waals surface area contributed by atoms with Crippen LogP contribution >= 0.6 is 0 Å². The first kappa shape index (κ1) is 12.4. The first-order valence-corrected chi connectivity index (χ1v) is 6.42. The Kier molecular flexibility index (Phi) is 3.99. The predicted molar refractivity (Wildman–Crippen MR) is 64.4 cm³/mol. The molecule has 2 fully saturated rings. The molecular formula is C12H21N3O2. The van der Waals surface area contributed by atoms with Crippen molar-refractivity contribution in [1.29, 1.82) is 0 Å². The minimum absolute atomic E-state index is 0.0552. The van der Waals surface area contributed by atoms with E-state index < -0.39 is 0 Å². The molecule has 2 amide bonds. The fourth-order valence-electron chi connectivity index (χ4n) is 2.50. The number of carbonyl (C=O) groups is 2. The summed E-state index contributed by atoms with van der Waals surface area (Å²) >= 11 is 0. The van der Waals surface area contributed by atoms with Crippen molar-refractivity contribution in [2.24, 2.45) is 5.92 Å². The zero-order valence-corrected chi connectivity index (χ0v) is 10.4. The lowest BCUT2D eigenvalue weighted by Crippen LogP contribution is -2.45. The lowest BCUT2D eigenvalue weighted by Gasteiger charge is -2.28. The van der Waals surface area contributed by atoms with Crippen LogP contribution in [0.1, 0.15) is 19.3 Å². The summed E-state index contributed by atoms with van der Waals surface area (Å²) in [4.78, 5) is 27.5. The highest BCUT2D eigenvalue weighted by Crippen LogP contribution is 2.15. The standard InChI is InChI=1S/C12H21N3O2/c1-14-6-3-7-15(9-11(14)16)12(17)10-4-2-5-13-8-10/h10,13H,2-9H2,1H3/t10-/m1/s1. The van der Waals surface area contributed by atoms with Gasteiger partial charge in [0.15, 0.2) is 0 Å². The Bertz CT molecular complexity index is 300. The van der Waals surface area contributed by atoms with Gasteiger partial charge in [0.1, 0.15) is 0 Å². The van der Waals surface area contributed by atoms with Crippen molar-refractivity contribution in [3.8, 4) is 0 Å². The summed E-state index contributed by atoms with van der Waals surface area (Å²) in [5.74, 6) is 0.278. The van der Waals surface area contributed by atoms with Crippen LogP contribution in [0.2, 0.25) is 0 Å². The van der Waals surface area contributed by atoms with Crippen molar-refractivity contribution in [3.63, 3.8) is 0 Å². The van der Waals surface area contributed by atoms with E-state index in [1.165, 1.54) is 0 Å². The normalized spacial score (nSPS) is 26.9. The van der Waals surface area contributed by atoms with Gasteiger partial charge in [0.05, 0.1) is 12.5 Å². The number of piperidine rings is 1. The van der Waals surface area contributed by atoms with Crippen LogP contribution in [-0.4, -0.2) is 61.4 Å². The summed E-state index contributed by atoms with van der Waals surface area (Å²) in [6, 6.07) is 0. The molecule has 0 aliphatic carbocycles. The largest absolute Gasteiger partial charge is 0.344 e. The molecule has 17 heavy (non-hydrogen) atoms. The molecule has 1 atom stereocenters. The van der Waals surface area contributed by atoms with Gasteiger partial charge in [0.25, 0.3) is 0 Å². The molecular weight excluding hydrogens is 218 g/mol. The Morgan fingerprint density at radius 3 is 2.88 bits per heavy atom. The molecule has 0 aromatic heterocycles. The lowest BCUT2D eigenvalue weighted by molar-refractivity contribution is -0.141. The maximum absolute atomic E-state index is 12.3. The van der Waals surface area contributed by atoms with Crippen LogP contribution in [0.5, 0.6) is 0 Å². The van der Waals surface area contributed by atoms with Crippen LogP contribution in [0.3, 0.4) is 0 Å². The molecule has 96 valence electrons. The van der Waals surface area contributed by atoms with Gasteiger partial charge >= 0.3 is 0 Å². The summed E-state index contributed by atoms with van der Waals surface area (Å²) in [5.41, 5.74) is 0. The molecule has 0 spiro atoms. The minimum Gasteiger partial charge on any atom is -0.344 e. The summed E-state index contributed by atoms with van der Waals surface area (Å²) in [5, 5.41) is 3.25. The van der Waals surface area contributed by atoms with Crippen LogP contribution in [0.15, 0.2) is 0 Å². The maximum Gasteiger partial charge on any atom is 0.241 e. The average Bonchev–Trinajstić information content (AvgIpc) is 2.52. The molecule has 2 rings (SSSR count). The van der Waals surface area contributed by atoms with Gasteiger partial charge in [-0.2, -0.15) is 0 Å². The minimum atomic E-state index is 0.0552. The van der Waals surface area contributed by atoms with Gasteiger partial charge in [-0.15, -0.1) is 0 Å². The summed E-state index contributed by atoms with van der Waals surface area (Å²) in [6.07, 6.45) is 2.89. The summed E-state index contributed by atoms with van der Waals surface area (Å²) in [6.45, 7) is 3.49. The third-order valence-corrected chi connectivity index (χ3v) is 3.63. The molecule has 2 saturated heterocycles. The molecule has 0 aromatic carbocycles. The predicted octanol–water partition coefficient (Wildman–Crippen LogP) is -0.323. The van der Waals surface area contributed by atoms with Gasteiger partial charge < -0.3 is 15.1 Å². The van der Waals surface area contributed by atoms with Gasteiger partial charge in [0.2, 0.25) is 11.8 Å². The van der Waals surface area contributed by atoms with Crippen molar-refractivity contribution in [2.45, 2.75) is 19.3 Å². The third-order valence-electron chi connectivity index (χ3n) is 3.63. The number of hydrogen-bond acceptors (Lipinski definition) is 3. The van der Waals surface area contributed by atoms with E-state index in [0.717, 1.165) is 38.9 Å². The van der Waals surface area contributed by atoms with Crippen molar-refractivity contribution in [2.75, 3.05) is 39.8 Å². The lowest BCUT2D eigenvalue weighted by atomic mass is 9.98. The number of likely N-dealkylation sites (N-methyl/N-ethyl adjacent to an activating group) is 1. The summed E-state index contributed by atoms with van der Waals surface area (Å²) in [7, 11) is 1.80. The fraction of sp³-hybridized carbons (Fsp3) is 0.833. The van der Waals surface area contributed by atoms with E-state index in [1.54, 1.807) is 16.8 Å². The van der Waals surface area contributed by atoms with Crippen LogP contribution in [0.25, 0.3) is 0 Å². The molecule has 1 N–H and O–H groups in total. The van der Waals surface area contributed by atoms with E-state index in [9.17, 15) is 9.59 Å². The van der Waals surface area contributed by atoms with Crippen LogP contribution in [-0.2, 0) is 9.59 Å². The maximum atomic E-state index is 12.3. The highest BCUT2D eigenvalue weighted by molar-refractivity contribution is 5.86. The van der Waals surface area contributed by atoms with Crippen molar-refractivity contribution >= 4 is 11.8 Å². The molecule has 2 heterocycles. The number of amides is 2. The molecule has 0 unspecified atom stereocenters. The van der Waals surface area contributed by atoms with Gasteiger partial charge in [-0.05, 0) is 25.8 Å². The topological polar surface area (TPSA) is 52.6 Å². The second-order valence-electron chi connectivity index (χ2n) is 4.97. The Labute approximate surface area is 102 Å². The summed E-state index contributed by atoms with van der Waals surface area (Å²) < 4.78 is 0. The van der Waals surface area contributed by atoms with Gasteiger partial charge in [-0.3, -0.25) is 9.59 Å². The van der Waals surface area contributed by atoms with Crippen LogP contribution < -0.4 is 5.32 Å². The van der Waals surface area contributed by atoms with E-state index in [2.05, 4.69) is 5.32 Å². The zero-order chi connectivity index (χ0) is 12.3. The molecule has 2 aliphatic heterocycles. The van der Waals surface area contributed by atoms with E-state index in [-0.39, 0.29) is 24.3 Å². The third kappa shape index (κ3) is 2.97.